The molecule has 0 aromatic heterocycles. The highest BCUT2D eigenvalue weighted by Gasteiger charge is 2.10. The SMILES string of the molecule is O=C(Cl)Sc1cccc(F)c1F. The third-order valence-corrected chi connectivity index (χ3v) is 2.03. The molecule has 1 aromatic rings. The molecule has 0 spiro atoms. The first kappa shape index (κ1) is 9.48. The van der Waals surface area contributed by atoms with Crippen molar-refractivity contribution in [3.05, 3.63) is 29.8 Å². The predicted octanol–water partition coefficient (Wildman–Crippen LogP) is 3.42. The van der Waals surface area contributed by atoms with Crippen LogP contribution >= 0.6 is 23.4 Å². The summed E-state index contributed by atoms with van der Waals surface area (Å²) in [5, 5.41) is 0. The molecule has 12 heavy (non-hydrogen) atoms. The molecule has 0 saturated heterocycles. The summed E-state index contributed by atoms with van der Waals surface area (Å²) in [7, 11) is 0. The van der Waals surface area contributed by atoms with Crippen molar-refractivity contribution < 1.29 is 13.6 Å². The first-order valence-electron chi connectivity index (χ1n) is 2.92. The normalized spacial score (nSPS) is 9.92. The summed E-state index contributed by atoms with van der Waals surface area (Å²) < 4.78 is 24.5. The summed E-state index contributed by atoms with van der Waals surface area (Å²) in [6, 6.07) is 3.56. The van der Waals surface area contributed by atoms with Gasteiger partial charge in [0.1, 0.15) is 0 Å². The van der Waals surface area contributed by atoms with Gasteiger partial charge in [-0.2, -0.15) is 0 Å². The number of hydrogen-bond donors (Lipinski definition) is 0. The van der Waals surface area contributed by atoms with Crippen LogP contribution in [0.5, 0.6) is 0 Å². The largest absolute Gasteiger partial charge is 0.284 e. The van der Waals surface area contributed by atoms with Crippen molar-refractivity contribution >= 4 is 27.9 Å². The van der Waals surface area contributed by atoms with Crippen LogP contribution in [0.15, 0.2) is 23.1 Å². The van der Waals surface area contributed by atoms with Crippen molar-refractivity contribution in [3.8, 4) is 0 Å². The molecule has 0 N–H and O–H groups in total. The number of thioether (sulfide) groups is 1. The van der Waals surface area contributed by atoms with Crippen LogP contribution in [0.2, 0.25) is 0 Å². The summed E-state index contributed by atoms with van der Waals surface area (Å²) in [6.45, 7) is 0. The van der Waals surface area contributed by atoms with Gasteiger partial charge in [0.25, 0.3) is 4.57 Å². The van der Waals surface area contributed by atoms with E-state index in [0.29, 0.717) is 11.8 Å². The minimum absolute atomic E-state index is 0.102. The fourth-order valence-electron chi connectivity index (χ4n) is 0.649. The molecule has 0 unspecified atom stereocenters. The zero-order valence-corrected chi connectivity index (χ0v) is 7.25. The summed E-state index contributed by atoms with van der Waals surface area (Å²) >= 11 is 5.42. The number of hydrogen-bond acceptors (Lipinski definition) is 2. The van der Waals surface area contributed by atoms with Crippen LogP contribution in [0.1, 0.15) is 0 Å². The van der Waals surface area contributed by atoms with E-state index in [4.69, 9.17) is 11.6 Å². The van der Waals surface area contributed by atoms with E-state index in [-0.39, 0.29) is 4.90 Å². The minimum Gasteiger partial charge on any atom is -0.268 e. The smallest absolute Gasteiger partial charge is 0.268 e. The quantitative estimate of drug-likeness (QED) is 0.520. The zero-order chi connectivity index (χ0) is 9.14. The van der Waals surface area contributed by atoms with Gasteiger partial charge in [-0.25, -0.2) is 8.78 Å². The lowest BCUT2D eigenvalue weighted by Gasteiger charge is -1.97. The molecule has 0 saturated carbocycles. The minimum atomic E-state index is -1.04. The molecule has 0 heterocycles. The van der Waals surface area contributed by atoms with Crippen molar-refractivity contribution in [2.45, 2.75) is 4.90 Å². The van der Waals surface area contributed by atoms with Gasteiger partial charge in [-0.3, -0.25) is 4.79 Å². The molecule has 0 fully saturated rings. The Hall–Kier alpha value is -0.610. The van der Waals surface area contributed by atoms with Gasteiger partial charge >= 0.3 is 0 Å². The van der Waals surface area contributed by atoms with E-state index >= 15 is 0 Å². The summed E-state index contributed by atoms with van der Waals surface area (Å²) in [6.07, 6.45) is 0. The Labute approximate surface area is 76.7 Å². The molecule has 0 aliphatic rings. The molecule has 0 aliphatic heterocycles. The van der Waals surface area contributed by atoms with Crippen LogP contribution in [-0.4, -0.2) is 4.57 Å². The third kappa shape index (κ3) is 2.19. The van der Waals surface area contributed by atoms with Crippen LogP contribution in [-0.2, 0) is 0 Å². The van der Waals surface area contributed by atoms with Crippen LogP contribution in [0.3, 0.4) is 0 Å². The van der Waals surface area contributed by atoms with Crippen molar-refractivity contribution in [1.82, 2.24) is 0 Å². The number of halogens is 3. The first-order chi connectivity index (χ1) is 5.61. The Morgan fingerprint density at radius 3 is 2.67 bits per heavy atom. The molecule has 1 aromatic carbocycles. The first-order valence-corrected chi connectivity index (χ1v) is 4.12. The van der Waals surface area contributed by atoms with E-state index in [1.165, 1.54) is 12.1 Å². The number of benzene rings is 1. The van der Waals surface area contributed by atoms with Crippen molar-refractivity contribution in [1.29, 1.82) is 0 Å². The van der Waals surface area contributed by atoms with Crippen LogP contribution in [0, 0.1) is 11.6 Å². The lowest BCUT2D eigenvalue weighted by atomic mass is 10.3. The fourth-order valence-corrected chi connectivity index (χ4v) is 1.41. The monoisotopic (exact) mass is 208 g/mol. The molecular formula is C7H3ClF2OS. The maximum absolute atomic E-state index is 12.8. The topological polar surface area (TPSA) is 17.1 Å². The van der Waals surface area contributed by atoms with Gasteiger partial charge < -0.3 is 0 Å². The lowest BCUT2D eigenvalue weighted by molar-refractivity contribution is 0.276. The summed E-state index contributed by atoms with van der Waals surface area (Å²) in [4.78, 5) is 10.2. The molecule has 0 aliphatic carbocycles. The van der Waals surface area contributed by atoms with Crippen LogP contribution in [0.4, 0.5) is 13.6 Å². The summed E-state index contributed by atoms with van der Waals surface area (Å²) in [5.74, 6) is -2.03. The molecule has 0 atom stereocenters. The maximum Gasteiger partial charge on any atom is 0.284 e. The average Bonchev–Trinajstić information content (AvgIpc) is 1.98. The highest BCUT2D eigenvalue weighted by molar-refractivity contribution is 8.16. The molecule has 0 radical (unpaired) electrons. The average molecular weight is 209 g/mol. The highest BCUT2D eigenvalue weighted by atomic mass is 35.5. The van der Waals surface area contributed by atoms with E-state index in [1.807, 2.05) is 0 Å². The van der Waals surface area contributed by atoms with E-state index in [2.05, 4.69) is 0 Å². The second-order valence-electron chi connectivity index (χ2n) is 1.89. The van der Waals surface area contributed by atoms with Gasteiger partial charge in [0, 0.05) is 0 Å². The molecule has 1 nitrogen and oxygen atoms in total. The Kier molecular flexibility index (Phi) is 3.05. The third-order valence-electron chi connectivity index (χ3n) is 1.11. The Balaban J connectivity index is 3.00. The fraction of sp³-hybridized carbons (Fsp3) is 0. The van der Waals surface area contributed by atoms with E-state index in [1.54, 1.807) is 0 Å². The van der Waals surface area contributed by atoms with E-state index in [0.717, 1.165) is 6.07 Å². The molecule has 64 valence electrons. The van der Waals surface area contributed by atoms with Gasteiger partial charge in [0.2, 0.25) is 0 Å². The van der Waals surface area contributed by atoms with Crippen LogP contribution in [0.25, 0.3) is 0 Å². The molecule has 0 bridgehead atoms. The van der Waals surface area contributed by atoms with Crippen LogP contribution < -0.4 is 0 Å². The molecular weight excluding hydrogens is 206 g/mol. The predicted molar refractivity (Wildman–Crippen MR) is 43.5 cm³/mol. The second-order valence-corrected chi connectivity index (χ2v) is 3.47. The number of carbonyl (C=O) groups is 1. The maximum atomic E-state index is 12.8. The zero-order valence-electron chi connectivity index (χ0n) is 5.68. The second kappa shape index (κ2) is 3.87. The standard InChI is InChI=1S/C7H3ClF2OS/c8-7(11)12-5-3-1-2-4(9)6(5)10/h1-3H. The van der Waals surface area contributed by atoms with Crippen molar-refractivity contribution in [2.75, 3.05) is 0 Å². The Bertz CT molecular complexity index is 316. The summed E-state index contributed by atoms with van der Waals surface area (Å²) in [5.41, 5.74) is 0. The van der Waals surface area contributed by atoms with Gasteiger partial charge in [0.15, 0.2) is 11.6 Å². The Morgan fingerprint density at radius 2 is 2.08 bits per heavy atom. The van der Waals surface area contributed by atoms with Gasteiger partial charge in [0.05, 0.1) is 4.90 Å². The van der Waals surface area contributed by atoms with Gasteiger partial charge in [-0.1, -0.05) is 6.07 Å². The van der Waals surface area contributed by atoms with Crippen molar-refractivity contribution in [2.24, 2.45) is 0 Å². The van der Waals surface area contributed by atoms with Gasteiger partial charge in [-0.15, -0.1) is 0 Å². The van der Waals surface area contributed by atoms with E-state index in [9.17, 15) is 13.6 Å². The van der Waals surface area contributed by atoms with Crippen molar-refractivity contribution in [3.63, 3.8) is 0 Å². The van der Waals surface area contributed by atoms with Gasteiger partial charge in [-0.05, 0) is 35.5 Å². The molecule has 5 heteroatoms. The number of rotatable bonds is 1. The highest BCUT2D eigenvalue weighted by Crippen LogP contribution is 2.25. The molecule has 0 amide bonds. The molecule has 1 rings (SSSR count). The lowest BCUT2D eigenvalue weighted by Crippen LogP contribution is -1.87. The van der Waals surface area contributed by atoms with E-state index < -0.39 is 16.2 Å². The Morgan fingerprint density at radius 1 is 1.42 bits per heavy atom. The number of carbonyl (C=O) groups excluding carboxylic acids is 1.